The van der Waals surface area contributed by atoms with E-state index in [0.717, 1.165) is 31.9 Å². The minimum Gasteiger partial charge on any atom is -0.357 e. The van der Waals surface area contributed by atoms with Gasteiger partial charge in [0.2, 0.25) is 5.91 Å². The van der Waals surface area contributed by atoms with Gasteiger partial charge < -0.3 is 15.5 Å². The van der Waals surface area contributed by atoms with Gasteiger partial charge in [-0.05, 0) is 32.3 Å². The molecule has 1 aromatic rings. The largest absolute Gasteiger partial charge is 0.357 e. The van der Waals surface area contributed by atoms with Crippen molar-refractivity contribution < 1.29 is 4.79 Å². The summed E-state index contributed by atoms with van der Waals surface area (Å²) in [7, 11) is 1.99. The Morgan fingerprint density at radius 1 is 1.30 bits per heavy atom. The third kappa shape index (κ3) is 7.20. The highest BCUT2D eigenvalue weighted by Gasteiger charge is 2.22. The van der Waals surface area contributed by atoms with Gasteiger partial charge in [0.25, 0.3) is 0 Å². The number of rotatable bonds is 6. The quantitative estimate of drug-likeness (QED) is 0.414. The van der Waals surface area contributed by atoms with Crippen LogP contribution in [-0.2, 0) is 11.3 Å². The number of guanidine groups is 1. The fraction of sp³-hybridized carbons (Fsp3) is 0.529. The smallest absolute Gasteiger partial charge is 0.242 e. The van der Waals surface area contributed by atoms with Crippen molar-refractivity contribution in [2.24, 2.45) is 4.99 Å². The van der Waals surface area contributed by atoms with E-state index in [-0.39, 0.29) is 36.4 Å². The predicted molar refractivity (Wildman–Crippen MR) is 105 cm³/mol. The van der Waals surface area contributed by atoms with Crippen molar-refractivity contribution in [3.63, 3.8) is 0 Å². The van der Waals surface area contributed by atoms with Crippen LogP contribution in [0.3, 0.4) is 0 Å². The monoisotopic (exact) mass is 430 g/mol. The number of halogens is 1. The molecule has 0 spiro atoms. The Kier molecular flexibility index (Phi) is 8.36. The highest BCUT2D eigenvalue weighted by molar-refractivity contribution is 14.0. The van der Waals surface area contributed by atoms with Crippen LogP contribution in [0.1, 0.15) is 30.9 Å². The molecule has 128 valence electrons. The summed E-state index contributed by atoms with van der Waals surface area (Å²) in [6, 6.07) is 8.84. The van der Waals surface area contributed by atoms with E-state index in [0.29, 0.717) is 6.04 Å². The zero-order chi connectivity index (χ0) is 15.9. The summed E-state index contributed by atoms with van der Waals surface area (Å²) < 4.78 is 0. The van der Waals surface area contributed by atoms with Crippen LogP contribution in [0, 0.1) is 6.92 Å². The molecular formula is C17H27IN4O. The van der Waals surface area contributed by atoms with E-state index in [1.807, 2.05) is 18.9 Å². The zero-order valence-electron chi connectivity index (χ0n) is 14.1. The number of aliphatic imine (C=N–C) groups is 1. The lowest BCUT2D eigenvalue weighted by Crippen LogP contribution is -2.39. The first-order chi connectivity index (χ1) is 10.6. The van der Waals surface area contributed by atoms with Crippen molar-refractivity contribution >= 4 is 35.8 Å². The lowest BCUT2D eigenvalue weighted by Gasteiger charge is -2.22. The number of amides is 1. The fourth-order valence-corrected chi connectivity index (χ4v) is 2.16. The van der Waals surface area contributed by atoms with Crippen LogP contribution < -0.4 is 10.6 Å². The van der Waals surface area contributed by atoms with E-state index in [4.69, 9.17) is 0 Å². The normalized spacial score (nSPS) is 14.0. The molecular weight excluding hydrogens is 403 g/mol. The SMILES string of the molecule is CCNC(=NCC(=O)NC1CC1)N(C)Cc1ccc(C)cc1.I. The number of hydrogen-bond donors (Lipinski definition) is 2. The fourth-order valence-electron chi connectivity index (χ4n) is 2.16. The van der Waals surface area contributed by atoms with Gasteiger partial charge in [0, 0.05) is 26.2 Å². The number of nitrogens with zero attached hydrogens (tertiary/aromatic N) is 2. The third-order valence-corrected chi connectivity index (χ3v) is 3.55. The molecule has 1 aromatic carbocycles. The average molecular weight is 430 g/mol. The van der Waals surface area contributed by atoms with Gasteiger partial charge in [-0.2, -0.15) is 0 Å². The summed E-state index contributed by atoms with van der Waals surface area (Å²) in [6.07, 6.45) is 2.20. The minimum absolute atomic E-state index is 0. The van der Waals surface area contributed by atoms with Crippen LogP contribution in [0.2, 0.25) is 0 Å². The highest BCUT2D eigenvalue weighted by Crippen LogP contribution is 2.18. The van der Waals surface area contributed by atoms with Gasteiger partial charge >= 0.3 is 0 Å². The van der Waals surface area contributed by atoms with E-state index < -0.39 is 0 Å². The number of benzene rings is 1. The van der Waals surface area contributed by atoms with Crippen LogP contribution in [0.25, 0.3) is 0 Å². The number of carbonyl (C=O) groups is 1. The van der Waals surface area contributed by atoms with Crippen LogP contribution >= 0.6 is 24.0 Å². The molecule has 0 saturated heterocycles. The molecule has 23 heavy (non-hydrogen) atoms. The van der Waals surface area contributed by atoms with Gasteiger partial charge in [-0.3, -0.25) is 4.79 Å². The Labute approximate surface area is 156 Å². The number of aryl methyl sites for hydroxylation is 1. The first kappa shape index (κ1) is 19.7. The van der Waals surface area contributed by atoms with Crippen molar-refractivity contribution in [3.05, 3.63) is 35.4 Å². The van der Waals surface area contributed by atoms with E-state index >= 15 is 0 Å². The summed E-state index contributed by atoms with van der Waals surface area (Å²) in [5, 5.41) is 6.19. The second kappa shape index (κ2) is 9.75. The molecule has 1 amide bonds. The molecule has 0 aromatic heterocycles. The first-order valence-electron chi connectivity index (χ1n) is 7.93. The molecule has 0 bridgehead atoms. The molecule has 0 atom stereocenters. The van der Waals surface area contributed by atoms with Crippen LogP contribution in [-0.4, -0.2) is 42.9 Å². The van der Waals surface area contributed by atoms with Crippen LogP contribution in [0.15, 0.2) is 29.3 Å². The maximum atomic E-state index is 11.8. The predicted octanol–water partition coefficient (Wildman–Crippen LogP) is 2.29. The minimum atomic E-state index is 0. The lowest BCUT2D eigenvalue weighted by molar-refractivity contribution is -0.119. The van der Waals surface area contributed by atoms with Crippen molar-refractivity contribution in [1.82, 2.24) is 15.5 Å². The molecule has 0 aliphatic heterocycles. The van der Waals surface area contributed by atoms with Gasteiger partial charge in [0.15, 0.2) is 5.96 Å². The van der Waals surface area contributed by atoms with Gasteiger partial charge in [0.1, 0.15) is 6.54 Å². The van der Waals surface area contributed by atoms with E-state index in [2.05, 4.69) is 46.8 Å². The topological polar surface area (TPSA) is 56.7 Å². The number of hydrogen-bond acceptors (Lipinski definition) is 2. The second-order valence-corrected chi connectivity index (χ2v) is 5.85. The van der Waals surface area contributed by atoms with Gasteiger partial charge in [-0.25, -0.2) is 4.99 Å². The summed E-state index contributed by atoms with van der Waals surface area (Å²) >= 11 is 0. The molecule has 1 fully saturated rings. The van der Waals surface area contributed by atoms with Crippen molar-refractivity contribution in [3.8, 4) is 0 Å². The molecule has 1 aliphatic carbocycles. The number of carbonyl (C=O) groups excluding carboxylic acids is 1. The Hall–Kier alpha value is -1.31. The van der Waals surface area contributed by atoms with Crippen molar-refractivity contribution in [2.75, 3.05) is 20.1 Å². The molecule has 0 heterocycles. The van der Waals surface area contributed by atoms with Gasteiger partial charge in [-0.1, -0.05) is 29.8 Å². The van der Waals surface area contributed by atoms with Crippen molar-refractivity contribution in [1.29, 1.82) is 0 Å². The van der Waals surface area contributed by atoms with E-state index in [1.165, 1.54) is 11.1 Å². The zero-order valence-corrected chi connectivity index (χ0v) is 16.5. The van der Waals surface area contributed by atoms with E-state index in [9.17, 15) is 4.79 Å². The van der Waals surface area contributed by atoms with Crippen LogP contribution in [0.4, 0.5) is 0 Å². The lowest BCUT2D eigenvalue weighted by atomic mass is 10.1. The molecule has 0 unspecified atom stereocenters. The molecule has 6 heteroatoms. The first-order valence-corrected chi connectivity index (χ1v) is 7.93. The van der Waals surface area contributed by atoms with Crippen LogP contribution in [0.5, 0.6) is 0 Å². The molecule has 0 radical (unpaired) electrons. The number of nitrogens with one attached hydrogen (secondary N) is 2. The molecule has 1 saturated carbocycles. The molecule has 1 aliphatic rings. The Balaban J connectivity index is 0.00000264. The van der Waals surface area contributed by atoms with E-state index in [1.54, 1.807) is 0 Å². The average Bonchev–Trinajstić information content (AvgIpc) is 3.29. The summed E-state index contributed by atoms with van der Waals surface area (Å²) in [5.41, 5.74) is 2.48. The Morgan fingerprint density at radius 2 is 1.96 bits per heavy atom. The third-order valence-electron chi connectivity index (χ3n) is 3.55. The van der Waals surface area contributed by atoms with Crippen molar-refractivity contribution in [2.45, 2.75) is 39.3 Å². The Morgan fingerprint density at radius 3 is 2.52 bits per heavy atom. The summed E-state index contributed by atoms with van der Waals surface area (Å²) in [6.45, 7) is 5.83. The molecule has 5 nitrogen and oxygen atoms in total. The second-order valence-electron chi connectivity index (χ2n) is 5.85. The van der Waals surface area contributed by atoms with Gasteiger partial charge in [-0.15, -0.1) is 24.0 Å². The Bertz CT molecular complexity index is 526. The standard InChI is InChI=1S/C17H26N4O.HI/c1-4-18-17(19-11-16(22)20-15-9-10-15)21(3)12-14-7-5-13(2)6-8-14;/h5-8,15H,4,9-12H2,1-3H3,(H,18,19)(H,20,22);1H. The maximum Gasteiger partial charge on any atom is 0.242 e. The maximum absolute atomic E-state index is 11.8. The summed E-state index contributed by atoms with van der Waals surface area (Å²) in [5.74, 6) is 0.760. The van der Waals surface area contributed by atoms with Gasteiger partial charge in [0.05, 0.1) is 0 Å². The highest BCUT2D eigenvalue weighted by atomic mass is 127. The molecule has 2 N–H and O–H groups in total. The summed E-state index contributed by atoms with van der Waals surface area (Å²) in [4.78, 5) is 18.2. The molecule has 2 rings (SSSR count).